The van der Waals surface area contributed by atoms with Gasteiger partial charge in [-0.15, -0.1) is 0 Å². The van der Waals surface area contributed by atoms with Gasteiger partial charge in [-0.05, 0) is 24.3 Å². The number of ether oxygens (including phenoxy) is 3. The minimum atomic E-state index is -3.33. The number of alkyl halides is 2. The smallest absolute Gasteiger partial charge is 0.387 e. The van der Waals surface area contributed by atoms with Crippen molar-refractivity contribution in [3.8, 4) is 17.2 Å². The Bertz CT molecular complexity index is 1230. The zero-order valence-corrected chi connectivity index (χ0v) is 19.5. The number of benzene rings is 2. The standard InChI is InChI=1S/C23H25F2N3O5S/c1-31-20-9-5-7-16-18-14-17(15-6-3-4-8-19(15)32-22(24)25)26-28(18)23(33-21(16)20)10-12-27(13-11-23)34(2,29)30/h3-9,14,18,22,26H,10-13H2,1-2H3/t18-/m1/s1. The molecule has 34 heavy (non-hydrogen) atoms. The van der Waals surface area contributed by atoms with Gasteiger partial charge in [0.2, 0.25) is 10.0 Å². The van der Waals surface area contributed by atoms with E-state index in [-0.39, 0.29) is 24.9 Å². The Hall–Kier alpha value is -2.89. The van der Waals surface area contributed by atoms with Crippen LogP contribution in [-0.4, -0.2) is 56.5 Å². The van der Waals surface area contributed by atoms with Gasteiger partial charge in [0.15, 0.2) is 17.2 Å². The molecule has 5 rings (SSSR count). The van der Waals surface area contributed by atoms with E-state index in [4.69, 9.17) is 14.2 Å². The Balaban J connectivity index is 1.57. The molecule has 1 spiro atoms. The molecule has 8 nitrogen and oxygen atoms in total. The Morgan fingerprint density at radius 1 is 1.12 bits per heavy atom. The van der Waals surface area contributed by atoms with Gasteiger partial charge in [-0.2, -0.15) is 13.8 Å². The highest BCUT2D eigenvalue weighted by atomic mass is 32.2. The third-order valence-electron chi connectivity index (χ3n) is 6.49. The summed E-state index contributed by atoms with van der Waals surface area (Å²) in [6.07, 6.45) is 3.94. The lowest BCUT2D eigenvalue weighted by atomic mass is 9.93. The number of methoxy groups -OCH3 is 1. The van der Waals surface area contributed by atoms with Gasteiger partial charge >= 0.3 is 6.61 Å². The molecule has 1 atom stereocenters. The number of nitrogens with one attached hydrogen (secondary N) is 1. The first-order valence-electron chi connectivity index (χ1n) is 10.8. The average molecular weight is 494 g/mol. The Labute approximate surface area is 196 Å². The number of piperidine rings is 1. The summed E-state index contributed by atoms with van der Waals surface area (Å²) in [6.45, 7) is -2.38. The highest BCUT2D eigenvalue weighted by molar-refractivity contribution is 7.88. The molecule has 2 aromatic rings. The molecule has 0 amide bonds. The third-order valence-corrected chi connectivity index (χ3v) is 7.79. The van der Waals surface area contributed by atoms with E-state index in [1.54, 1.807) is 25.3 Å². The summed E-state index contributed by atoms with van der Waals surface area (Å²) < 4.78 is 68.5. The van der Waals surface area contributed by atoms with Crippen LogP contribution in [0.25, 0.3) is 5.70 Å². The molecular formula is C23H25F2N3O5S. The maximum absolute atomic E-state index is 13.0. The molecule has 11 heteroatoms. The summed E-state index contributed by atoms with van der Waals surface area (Å²) in [5, 5.41) is 1.95. The van der Waals surface area contributed by atoms with Crippen molar-refractivity contribution in [3.63, 3.8) is 0 Å². The lowest BCUT2D eigenvalue weighted by Gasteiger charge is -2.51. The molecule has 2 aromatic carbocycles. The molecule has 3 aliphatic heterocycles. The van der Waals surface area contributed by atoms with Crippen molar-refractivity contribution in [2.24, 2.45) is 0 Å². The Morgan fingerprint density at radius 3 is 2.50 bits per heavy atom. The topological polar surface area (TPSA) is 80.3 Å². The zero-order valence-electron chi connectivity index (χ0n) is 18.7. The van der Waals surface area contributed by atoms with Crippen LogP contribution in [0.15, 0.2) is 48.5 Å². The fraction of sp³-hybridized carbons (Fsp3) is 0.391. The van der Waals surface area contributed by atoms with Crippen LogP contribution in [0.5, 0.6) is 17.2 Å². The van der Waals surface area contributed by atoms with Crippen molar-refractivity contribution >= 4 is 15.7 Å². The number of fused-ring (bicyclic) bond motifs is 4. The molecule has 1 saturated heterocycles. The average Bonchev–Trinajstić information content (AvgIpc) is 3.25. The van der Waals surface area contributed by atoms with Crippen molar-refractivity contribution in [2.75, 3.05) is 26.5 Å². The number of hydrogen-bond donors (Lipinski definition) is 1. The normalized spacial score (nSPS) is 21.9. The fourth-order valence-electron chi connectivity index (χ4n) is 4.88. The largest absolute Gasteiger partial charge is 0.493 e. The predicted octanol–water partition coefficient (Wildman–Crippen LogP) is 3.34. The van der Waals surface area contributed by atoms with Crippen molar-refractivity contribution in [1.29, 1.82) is 0 Å². The van der Waals surface area contributed by atoms with Gasteiger partial charge < -0.3 is 19.6 Å². The highest BCUT2D eigenvalue weighted by Crippen LogP contribution is 2.52. The number of hydrazine groups is 1. The second-order valence-corrected chi connectivity index (χ2v) is 10.5. The summed E-state index contributed by atoms with van der Waals surface area (Å²) in [4.78, 5) is 0. The molecule has 182 valence electrons. The summed E-state index contributed by atoms with van der Waals surface area (Å²) in [6, 6.07) is 11.9. The Morgan fingerprint density at radius 2 is 1.82 bits per heavy atom. The number of nitrogens with zero attached hydrogens (tertiary/aromatic N) is 2. The minimum Gasteiger partial charge on any atom is -0.493 e. The molecule has 0 aliphatic carbocycles. The van der Waals surface area contributed by atoms with Crippen molar-refractivity contribution in [2.45, 2.75) is 31.2 Å². The summed E-state index contributed by atoms with van der Waals surface area (Å²) in [5.74, 6) is 1.23. The number of halogens is 2. The quantitative estimate of drug-likeness (QED) is 0.684. The fourth-order valence-corrected chi connectivity index (χ4v) is 5.72. The number of rotatable bonds is 5. The van der Waals surface area contributed by atoms with Crippen LogP contribution in [0.3, 0.4) is 0 Å². The van der Waals surface area contributed by atoms with Gasteiger partial charge in [0, 0.05) is 37.1 Å². The van der Waals surface area contributed by atoms with E-state index in [0.29, 0.717) is 35.6 Å². The molecular weight excluding hydrogens is 468 g/mol. The van der Waals surface area contributed by atoms with Gasteiger partial charge in [-0.25, -0.2) is 12.7 Å². The van der Waals surface area contributed by atoms with Crippen LogP contribution in [0.1, 0.15) is 30.0 Å². The van der Waals surface area contributed by atoms with Crippen LogP contribution < -0.4 is 19.6 Å². The molecule has 3 heterocycles. The monoisotopic (exact) mass is 493 g/mol. The van der Waals surface area contributed by atoms with Gasteiger partial charge in [-0.1, -0.05) is 24.3 Å². The van der Waals surface area contributed by atoms with E-state index < -0.39 is 22.4 Å². The molecule has 0 saturated carbocycles. The van der Waals surface area contributed by atoms with E-state index in [0.717, 1.165) is 5.56 Å². The van der Waals surface area contributed by atoms with Gasteiger partial charge in [-0.3, -0.25) is 0 Å². The van der Waals surface area contributed by atoms with E-state index in [9.17, 15) is 17.2 Å². The van der Waals surface area contributed by atoms with Gasteiger partial charge in [0.25, 0.3) is 0 Å². The first-order valence-corrected chi connectivity index (χ1v) is 12.7. The number of sulfonamides is 1. The minimum absolute atomic E-state index is 0.0591. The van der Waals surface area contributed by atoms with Crippen LogP contribution in [0.2, 0.25) is 0 Å². The zero-order chi connectivity index (χ0) is 24.1. The van der Waals surface area contributed by atoms with Gasteiger partial charge in [0.1, 0.15) is 5.75 Å². The van der Waals surface area contributed by atoms with Crippen LogP contribution >= 0.6 is 0 Å². The van der Waals surface area contributed by atoms with E-state index >= 15 is 0 Å². The molecule has 1 N–H and O–H groups in total. The molecule has 3 aliphatic rings. The molecule has 1 fully saturated rings. The van der Waals surface area contributed by atoms with Crippen molar-refractivity contribution < 1.29 is 31.4 Å². The second-order valence-electron chi connectivity index (χ2n) is 8.47. The molecule has 0 radical (unpaired) electrons. The van der Waals surface area contributed by atoms with Gasteiger partial charge in [0.05, 0.1) is 25.1 Å². The first-order chi connectivity index (χ1) is 16.2. The summed E-state index contributed by atoms with van der Waals surface area (Å²) in [7, 11) is -1.77. The van der Waals surface area contributed by atoms with Crippen LogP contribution in [0, 0.1) is 0 Å². The van der Waals surface area contributed by atoms with Crippen LogP contribution in [0.4, 0.5) is 8.78 Å². The van der Waals surface area contributed by atoms with Crippen molar-refractivity contribution in [1.82, 2.24) is 14.7 Å². The van der Waals surface area contributed by atoms with Crippen LogP contribution in [-0.2, 0) is 10.0 Å². The second kappa shape index (κ2) is 8.40. The lowest BCUT2D eigenvalue weighted by molar-refractivity contribution is -0.154. The molecule has 0 bridgehead atoms. The highest BCUT2D eigenvalue weighted by Gasteiger charge is 2.53. The SMILES string of the molecule is COc1cccc2c1OC1(CCN(S(C)(=O)=O)CC1)N1NC(c3ccccc3OC(F)F)=C[C@H]21. The maximum atomic E-state index is 13.0. The third kappa shape index (κ3) is 3.87. The van der Waals surface area contributed by atoms with Crippen molar-refractivity contribution in [3.05, 3.63) is 59.7 Å². The van der Waals surface area contributed by atoms with E-state index in [1.165, 1.54) is 16.6 Å². The lowest BCUT2D eigenvalue weighted by Crippen LogP contribution is -2.64. The summed E-state index contributed by atoms with van der Waals surface area (Å²) >= 11 is 0. The van der Waals surface area contributed by atoms with E-state index in [2.05, 4.69) is 5.43 Å². The number of hydrogen-bond acceptors (Lipinski definition) is 7. The van der Waals surface area contributed by atoms with E-state index in [1.807, 2.05) is 29.3 Å². The first kappa shape index (κ1) is 22.9. The predicted molar refractivity (Wildman–Crippen MR) is 121 cm³/mol. The molecule has 0 aromatic heterocycles. The summed E-state index contributed by atoms with van der Waals surface area (Å²) in [5.41, 5.74) is 4.43. The maximum Gasteiger partial charge on any atom is 0.387 e. The molecule has 0 unspecified atom stereocenters. The number of para-hydroxylation sites is 2. The Kier molecular flexibility index (Phi) is 5.65.